The predicted octanol–water partition coefficient (Wildman–Crippen LogP) is 3.50. The van der Waals surface area contributed by atoms with Crippen molar-refractivity contribution in [1.29, 1.82) is 0 Å². The van der Waals surface area contributed by atoms with E-state index in [1.54, 1.807) is 31.2 Å². The lowest BCUT2D eigenvalue weighted by Crippen LogP contribution is -2.42. The third-order valence-corrected chi connectivity index (χ3v) is 9.14. The Morgan fingerprint density at radius 2 is 1.86 bits per heavy atom. The molecule has 1 saturated carbocycles. The number of carbonyl (C=O) groups is 2. The summed E-state index contributed by atoms with van der Waals surface area (Å²) in [6.07, 6.45) is 7.55. The lowest BCUT2D eigenvalue weighted by molar-refractivity contribution is -0.154. The van der Waals surface area contributed by atoms with Crippen LogP contribution in [0.25, 0.3) is 0 Å². The van der Waals surface area contributed by atoms with E-state index >= 15 is 0 Å². The molecular formula is C29H33BrN6O5S. The number of fused-ring (bicyclic) bond motifs is 1. The highest BCUT2D eigenvalue weighted by molar-refractivity contribution is 9.10. The number of aromatic nitrogens is 4. The van der Waals surface area contributed by atoms with E-state index in [2.05, 4.69) is 26.2 Å². The molecule has 1 amide bonds. The quantitative estimate of drug-likeness (QED) is 0.202. The molecule has 222 valence electrons. The number of nitrogens with two attached hydrogens (primary N) is 1. The van der Waals surface area contributed by atoms with E-state index in [1.165, 1.54) is 16.4 Å². The number of aryl methyl sites for hydroxylation is 1. The van der Waals surface area contributed by atoms with Crippen molar-refractivity contribution < 1.29 is 14.3 Å². The average Bonchev–Trinajstić information content (AvgIpc) is 3.23. The van der Waals surface area contributed by atoms with Gasteiger partial charge in [-0.3, -0.25) is 4.79 Å². The van der Waals surface area contributed by atoms with E-state index in [0.29, 0.717) is 11.5 Å². The maximum absolute atomic E-state index is 13.9. The highest BCUT2D eigenvalue weighted by atomic mass is 79.9. The first-order valence-corrected chi connectivity index (χ1v) is 15.7. The number of benzene rings is 1. The number of allylic oxidation sites excluding steroid dienone is 1. The Balaban J connectivity index is 1.43. The Morgan fingerprint density at radius 1 is 1.12 bits per heavy atom. The largest absolute Gasteiger partial charge is 0.461 e. The summed E-state index contributed by atoms with van der Waals surface area (Å²) in [6, 6.07) is 8.73. The number of esters is 1. The number of ether oxygens (including phenoxy) is 1. The Hall–Kier alpha value is -3.58. The number of nitrogen functional groups attached to an aromatic ring is 1. The minimum absolute atomic E-state index is 0.0933. The van der Waals surface area contributed by atoms with Gasteiger partial charge in [0.2, 0.25) is 5.91 Å². The number of hydrogen-bond donors (Lipinski definition) is 2. The summed E-state index contributed by atoms with van der Waals surface area (Å²) < 4.78 is 10.0. The maximum atomic E-state index is 13.9. The maximum Gasteiger partial charge on any atom is 0.349 e. The number of halogens is 1. The van der Waals surface area contributed by atoms with Gasteiger partial charge < -0.3 is 15.8 Å². The normalized spacial score (nSPS) is 17.4. The molecule has 42 heavy (non-hydrogen) atoms. The summed E-state index contributed by atoms with van der Waals surface area (Å²) in [5.41, 5.74) is 5.78. The molecule has 3 N–H and O–H groups in total. The summed E-state index contributed by atoms with van der Waals surface area (Å²) in [7, 11) is 0. The summed E-state index contributed by atoms with van der Waals surface area (Å²) in [6.45, 7) is 2.05. The Labute approximate surface area is 255 Å². The smallest absolute Gasteiger partial charge is 0.349 e. The van der Waals surface area contributed by atoms with Crippen molar-refractivity contribution >= 4 is 45.4 Å². The summed E-state index contributed by atoms with van der Waals surface area (Å²) in [5.74, 6) is -0.597. The Bertz CT molecular complexity index is 1610. The van der Waals surface area contributed by atoms with Crippen LogP contribution in [-0.4, -0.2) is 42.6 Å². The van der Waals surface area contributed by atoms with E-state index in [1.807, 2.05) is 24.3 Å². The third-order valence-electron chi connectivity index (χ3n) is 7.53. The number of thioether (sulfide) groups is 1. The van der Waals surface area contributed by atoms with E-state index in [0.717, 1.165) is 56.3 Å². The zero-order valence-electron chi connectivity index (χ0n) is 23.2. The van der Waals surface area contributed by atoms with Crippen molar-refractivity contribution in [3.05, 3.63) is 85.2 Å². The fraction of sp³-hybridized carbons (Fsp3) is 0.414. The van der Waals surface area contributed by atoms with Crippen molar-refractivity contribution in [2.24, 2.45) is 0 Å². The zero-order valence-corrected chi connectivity index (χ0v) is 25.6. The summed E-state index contributed by atoms with van der Waals surface area (Å²) >= 11 is 4.77. The first-order valence-electron chi connectivity index (χ1n) is 13.9. The topological polar surface area (TPSA) is 143 Å². The summed E-state index contributed by atoms with van der Waals surface area (Å²) in [5, 5.41) is 2.83. The number of nitrogens with zero attached hydrogens (tertiary/aromatic N) is 4. The van der Waals surface area contributed by atoms with Gasteiger partial charge in [-0.25, -0.2) is 33.3 Å². The molecule has 3 aromatic rings. The predicted molar refractivity (Wildman–Crippen MR) is 163 cm³/mol. The minimum Gasteiger partial charge on any atom is -0.461 e. The molecule has 1 fully saturated rings. The summed E-state index contributed by atoms with van der Waals surface area (Å²) in [4.78, 5) is 59.4. The van der Waals surface area contributed by atoms with Crippen LogP contribution >= 0.6 is 27.7 Å². The number of amides is 1. The molecule has 5 rings (SSSR count). The molecule has 2 aliphatic rings. The van der Waals surface area contributed by atoms with Gasteiger partial charge in [-0.1, -0.05) is 40.6 Å². The molecule has 2 aromatic heterocycles. The molecule has 2 atom stereocenters. The number of nitrogens with one attached hydrogen (secondary N) is 1. The highest BCUT2D eigenvalue weighted by Crippen LogP contribution is 2.27. The molecule has 0 spiro atoms. The monoisotopic (exact) mass is 656 g/mol. The van der Waals surface area contributed by atoms with Crippen LogP contribution in [0.5, 0.6) is 0 Å². The van der Waals surface area contributed by atoms with Crippen LogP contribution in [0.2, 0.25) is 0 Å². The number of anilines is 1. The van der Waals surface area contributed by atoms with Gasteiger partial charge in [0, 0.05) is 27.4 Å². The second-order valence-corrected chi connectivity index (χ2v) is 12.4. The van der Waals surface area contributed by atoms with Gasteiger partial charge in [-0.15, -0.1) is 11.8 Å². The highest BCUT2D eigenvalue weighted by Gasteiger charge is 2.35. The van der Waals surface area contributed by atoms with Crippen molar-refractivity contribution in [3.63, 3.8) is 0 Å². The zero-order chi connectivity index (χ0) is 29.8. The van der Waals surface area contributed by atoms with Crippen molar-refractivity contribution in [3.8, 4) is 0 Å². The van der Waals surface area contributed by atoms with Crippen molar-refractivity contribution in [2.75, 3.05) is 11.5 Å². The second-order valence-electron chi connectivity index (χ2n) is 10.4. The first-order chi connectivity index (χ1) is 20.2. The number of hydrogen-bond acceptors (Lipinski definition) is 8. The van der Waals surface area contributed by atoms with Gasteiger partial charge >= 0.3 is 17.3 Å². The van der Waals surface area contributed by atoms with Gasteiger partial charge in [-0.2, -0.15) is 0 Å². The number of rotatable bonds is 9. The lowest BCUT2D eigenvalue weighted by Gasteiger charge is -2.24. The molecule has 0 radical (unpaired) electrons. The SMILES string of the molecule is Cc1nc(N)ccc1CNC(=O)C1C=CCn2c(=O)n(C(CSc3ccc(Br)cc3)C(=O)OC3CCCCC3)c(=O)n21. The van der Waals surface area contributed by atoms with Crippen LogP contribution in [0.15, 0.2) is 67.5 Å². The number of pyridine rings is 1. The molecule has 0 saturated heterocycles. The number of carbonyl (C=O) groups excluding carboxylic acids is 2. The van der Waals surface area contributed by atoms with E-state index in [4.69, 9.17) is 10.5 Å². The molecule has 13 heteroatoms. The van der Waals surface area contributed by atoms with E-state index in [-0.39, 0.29) is 24.9 Å². The van der Waals surface area contributed by atoms with Crippen LogP contribution in [0.3, 0.4) is 0 Å². The van der Waals surface area contributed by atoms with Crippen LogP contribution < -0.4 is 22.4 Å². The van der Waals surface area contributed by atoms with Crippen LogP contribution in [-0.2, 0) is 27.4 Å². The van der Waals surface area contributed by atoms with Gasteiger partial charge in [-0.05, 0) is 68.5 Å². The van der Waals surface area contributed by atoms with Gasteiger partial charge in [0.15, 0.2) is 6.04 Å². The molecule has 1 aliphatic carbocycles. The fourth-order valence-electron chi connectivity index (χ4n) is 5.25. The molecular weight excluding hydrogens is 624 g/mol. The minimum atomic E-state index is -1.17. The van der Waals surface area contributed by atoms with Crippen molar-refractivity contribution in [2.45, 2.75) is 75.2 Å². The molecule has 1 aromatic carbocycles. The van der Waals surface area contributed by atoms with Crippen molar-refractivity contribution in [1.82, 2.24) is 24.2 Å². The Kier molecular flexibility index (Phi) is 9.37. The molecule has 0 bridgehead atoms. The van der Waals surface area contributed by atoms with Crippen LogP contribution in [0, 0.1) is 6.92 Å². The lowest BCUT2D eigenvalue weighted by atomic mass is 9.98. The average molecular weight is 658 g/mol. The second kappa shape index (κ2) is 13.2. The van der Waals surface area contributed by atoms with E-state index in [9.17, 15) is 19.2 Å². The standard InChI is InChI=1S/C29H33BrN6O5S/c1-18-19(9-14-25(31)33-18)16-32-26(37)23-8-5-15-34-28(39)35(29(40)36(23)34)24(17-42-22-12-10-20(30)11-13-22)27(38)41-21-6-3-2-4-7-21/h5,8-14,21,23-24H,2-4,6-7,15-17H2,1H3,(H2,31,33)(H,32,37). The molecule has 1 aliphatic heterocycles. The Morgan fingerprint density at radius 3 is 2.57 bits per heavy atom. The molecule has 11 nitrogen and oxygen atoms in total. The van der Waals surface area contributed by atoms with Crippen LogP contribution in [0.4, 0.5) is 5.82 Å². The van der Waals surface area contributed by atoms with Gasteiger partial charge in [0.25, 0.3) is 0 Å². The third kappa shape index (κ3) is 6.57. The molecule has 2 unspecified atom stereocenters. The first kappa shape index (κ1) is 29.9. The molecule has 3 heterocycles. The fourth-order valence-corrected chi connectivity index (χ4v) is 6.47. The van der Waals surface area contributed by atoms with Gasteiger partial charge in [0.05, 0.1) is 6.54 Å². The van der Waals surface area contributed by atoms with Gasteiger partial charge in [0.1, 0.15) is 18.0 Å². The van der Waals surface area contributed by atoms with Crippen LogP contribution in [0.1, 0.15) is 55.4 Å². The van der Waals surface area contributed by atoms with E-state index < -0.39 is 35.3 Å².